The van der Waals surface area contributed by atoms with Crippen molar-refractivity contribution in [2.45, 2.75) is 44.9 Å². The molecule has 6 heteroatoms. The zero-order chi connectivity index (χ0) is 18.5. The second-order valence-corrected chi connectivity index (χ2v) is 7.57. The number of benzene rings is 1. The van der Waals surface area contributed by atoms with Gasteiger partial charge in [-0.25, -0.2) is 4.39 Å². The minimum atomic E-state index is -0.228. The molecular weight excluding hydrogens is 333 g/mol. The third-order valence-electron chi connectivity index (χ3n) is 5.19. The van der Waals surface area contributed by atoms with Crippen LogP contribution in [0.4, 0.5) is 4.39 Å². The smallest absolute Gasteiger partial charge is 0.234 e. The minimum Gasteiger partial charge on any atom is -0.373 e. The SMILES string of the molecule is C[C@@H]1CN(CC(=O)NC[C@@H](c2ccc(F)cc2)N2CCCC2)C[C@@H](C)O1. The second kappa shape index (κ2) is 8.93. The van der Waals surface area contributed by atoms with Crippen molar-refractivity contribution in [2.75, 3.05) is 39.3 Å². The first-order valence-electron chi connectivity index (χ1n) is 9.65. The molecule has 0 radical (unpaired) electrons. The molecule has 2 saturated heterocycles. The van der Waals surface area contributed by atoms with E-state index in [4.69, 9.17) is 4.74 Å². The average Bonchev–Trinajstić information content (AvgIpc) is 3.10. The van der Waals surface area contributed by atoms with E-state index < -0.39 is 0 Å². The van der Waals surface area contributed by atoms with E-state index in [1.165, 1.54) is 25.0 Å². The Labute approximate surface area is 155 Å². The van der Waals surface area contributed by atoms with Crippen LogP contribution in [-0.2, 0) is 9.53 Å². The molecule has 5 nitrogen and oxygen atoms in total. The van der Waals surface area contributed by atoms with Crippen LogP contribution in [0.5, 0.6) is 0 Å². The van der Waals surface area contributed by atoms with Crippen LogP contribution in [0.1, 0.15) is 38.3 Å². The number of amides is 1. The lowest BCUT2D eigenvalue weighted by molar-refractivity contribution is -0.126. The first-order chi connectivity index (χ1) is 12.5. The largest absolute Gasteiger partial charge is 0.373 e. The summed E-state index contributed by atoms with van der Waals surface area (Å²) in [6, 6.07) is 6.75. The fraction of sp³-hybridized carbons (Fsp3) is 0.650. The van der Waals surface area contributed by atoms with E-state index in [0.717, 1.165) is 31.7 Å². The maximum absolute atomic E-state index is 13.3. The Hall–Kier alpha value is -1.50. The Morgan fingerprint density at radius 3 is 2.42 bits per heavy atom. The summed E-state index contributed by atoms with van der Waals surface area (Å²) in [5, 5.41) is 3.09. The number of nitrogens with zero attached hydrogens (tertiary/aromatic N) is 2. The number of hydrogen-bond donors (Lipinski definition) is 1. The van der Waals surface area contributed by atoms with Gasteiger partial charge in [-0.3, -0.25) is 14.6 Å². The van der Waals surface area contributed by atoms with Crippen molar-refractivity contribution in [3.63, 3.8) is 0 Å². The molecule has 2 heterocycles. The average molecular weight is 363 g/mol. The van der Waals surface area contributed by atoms with Gasteiger partial charge in [-0.2, -0.15) is 0 Å². The molecule has 0 unspecified atom stereocenters. The van der Waals surface area contributed by atoms with Crippen LogP contribution in [0.25, 0.3) is 0 Å². The number of carbonyl (C=O) groups is 1. The molecule has 26 heavy (non-hydrogen) atoms. The lowest BCUT2D eigenvalue weighted by Gasteiger charge is -2.35. The van der Waals surface area contributed by atoms with Crippen LogP contribution >= 0.6 is 0 Å². The van der Waals surface area contributed by atoms with Crippen LogP contribution in [0, 0.1) is 5.82 Å². The fourth-order valence-corrected chi connectivity index (χ4v) is 4.08. The van der Waals surface area contributed by atoms with Crippen molar-refractivity contribution < 1.29 is 13.9 Å². The summed E-state index contributed by atoms with van der Waals surface area (Å²) in [5.74, 6) is -0.189. The van der Waals surface area contributed by atoms with Crippen LogP contribution < -0.4 is 5.32 Å². The van der Waals surface area contributed by atoms with E-state index in [-0.39, 0.29) is 30.0 Å². The zero-order valence-corrected chi connectivity index (χ0v) is 15.8. The fourth-order valence-electron chi connectivity index (χ4n) is 4.08. The maximum atomic E-state index is 13.3. The summed E-state index contributed by atoms with van der Waals surface area (Å²) in [6.45, 7) is 8.65. The molecule has 1 aromatic carbocycles. The summed E-state index contributed by atoms with van der Waals surface area (Å²) in [7, 11) is 0. The number of halogens is 1. The monoisotopic (exact) mass is 363 g/mol. The van der Waals surface area contributed by atoms with Gasteiger partial charge in [0.1, 0.15) is 5.82 Å². The van der Waals surface area contributed by atoms with Crippen molar-refractivity contribution in [2.24, 2.45) is 0 Å². The maximum Gasteiger partial charge on any atom is 0.234 e. The molecule has 0 spiro atoms. The van der Waals surface area contributed by atoms with Gasteiger partial charge in [0.15, 0.2) is 0 Å². The number of carbonyl (C=O) groups excluding carboxylic acids is 1. The molecule has 1 aromatic rings. The molecule has 2 fully saturated rings. The predicted octanol–water partition coefficient (Wildman–Crippen LogP) is 2.19. The van der Waals surface area contributed by atoms with Gasteiger partial charge in [0.25, 0.3) is 0 Å². The van der Waals surface area contributed by atoms with Gasteiger partial charge in [0, 0.05) is 19.6 Å². The normalized spacial score (nSPS) is 26.0. The number of hydrogen-bond acceptors (Lipinski definition) is 4. The van der Waals surface area contributed by atoms with Crippen molar-refractivity contribution >= 4 is 5.91 Å². The van der Waals surface area contributed by atoms with Crippen LogP contribution in [-0.4, -0.2) is 67.2 Å². The molecule has 2 aliphatic heterocycles. The van der Waals surface area contributed by atoms with Crippen LogP contribution in [0.2, 0.25) is 0 Å². The molecule has 3 atom stereocenters. The van der Waals surface area contributed by atoms with Crippen molar-refractivity contribution in [1.29, 1.82) is 0 Å². The molecule has 0 aromatic heterocycles. The lowest BCUT2D eigenvalue weighted by Crippen LogP contribution is -2.49. The quantitative estimate of drug-likeness (QED) is 0.842. The number of likely N-dealkylation sites (tertiary alicyclic amines) is 1. The molecule has 144 valence electrons. The van der Waals surface area contributed by atoms with E-state index in [2.05, 4.69) is 15.1 Å². The first-order valence-corrected chi connectivity index (χ1v) is 9.65. The van der Waals surface area contributed by atoms with E-state index in [1.54, 1.807) is 0 Å². The lowest BCUT2D eigenvalue weighted by atomic mass is 10.1. The summed E-state index contributed by atoms with van der Waals surface area (Å²) in [4.78, 5) is 17.0. The van der Waals surface area contributed by atoms with Gasteiger partial charge >= 0.3 is 0 Å². The van der Waals surface area contributed by atoms with Gasteiger partial charge in [-0.1, -0.05) is 12.1 Å². The van der Waals surface area contributed by atoms with E-state index >= 15 is 0 Å². The van der Waals surface area contributed by atoms with E-state index in [0.29, 0.717) is 13.1 Å². The predicted molar refractivity (Wildman–Crippen MR) is 99.4 cm³/mol. The zero-order valence-electron chi connectivity index (χ0n) is 15.8. The van der Waals surface area contributed by atoms with Gasteiger partial charge in [-0.05, 0) is 57.5 Å². The summed E-state index contributed by atoms with van der Waals surface area (Å²) < 4.78 is 19.0. The standard InChI is InChI=1S/C20H30FN3O2/c1-15-12-23(13-16(2)26-15)14-20(25)22-11-19(24-9-3-4-10-24)17-5-7-18(21)8-6-17/h5-8,15-16,19H,3-4,9-14H2,1-2H3,(H,22,25)/t15-,16-,19+/m1/s1. The number of nitrogens with one attached hydrogen (secondary N) is 1. The number of morpholine rings is 1. The van der Waals surface area contributed by atoms with Crippen molar-refractivity contribution in [3.8, 4) is 0 Å². The highest BCUT2D eigenvalue weighted by Crippen LogP contribution is 2.24. The van der Waals surface area contributed by atoms with Gasteiger partial charge in [0.05, 0.1) is 24.8 Å². The van der Waals surface area contributed by atoms with E-state index in [9.17, 15) is 9.18 Å². The van der Waals surface area contributed by atoms with Crippen molar-refractivity contribution in [1.82, 2.24) is 15.1 Å². The Bertz CT molecular complexity index is 579. The van der Waals surface area contributed by atoms with Gasteiger partial charge < -0.3 is 10.1 Å². The Morgan fingerprint density at radius 2 is 1.81 bits per heavy atom. The van der Waals surface area contributed by atoms with E-state index in [1.807, 2.05) is 26.0 Å². The highest BCUT2D eigenvalue weighted by Gasteiger charge is 2.26. The highest BCUT2D eigenvalue weighted by molar-refractivity contribution is 5.78. The Kier molecular flexibility index (Phi) is 6.62. The Morgan fingerprint density at radius 1 is 1.19 bits per heavy atom. The van der Waals surface area contributed by atoms with Crippen LogP contribution in [0.3, 0.4) is 0 Å². The minimum absolute atomic E-state index is 0.0395. The number of rotatable bonds is 6. The molecule has 1 amide bonds. The molecule has 2 aliphatic rings. The van der Waals surface area contributed by atoms with Crippen LogP contribution in [0.15, 0.2) is 24.3 Å². The first kappa shape index (κ1) is 19.3. The van der Waals surface area contributed by atoms with Gasteiger partial charge in [0.2, 0.25) is 5.91 Å². The number of ether oxygens (including phenoxy) is 1. The second-order valence-electron chi connectivity index (χ2n) is 7.57. The molecule has 0 aliphatic carbocycles. The summed E-state index contributed by atoms with van der Waals surface area (Å²) >= 11 is 0. The highest BCUT2D eigenvalue weighted by atomic mass is 19.1. The summed E-state index contributed by atoms with van der Waals surface area (Å²) in [6.07, 6.45) is 2.66. The van der Waals surface area contributed by atoms with Gasteiger partial charge in [-0.15, -0.1) is 0 Å². The van der Waals surface area contributed by atoms with Crippen molar-refractivity contribution in [3.05, 3.63) is 35.6 Å². The molecule has 0 bridgehead atoms. The molecule has 3 rings (SSSR count). The summed E-state index contributed by atoms with van der Waals surface area (Å²) in [5.41, 5.74) is 1.06. The molecule has 0 saturated carbocycles. The molecular formula is C20H30FN3O2. The molecule has 1 N–H and O–H groups in total. The Balaban J connectivity index is 1.56. The third-order valence-corrected chi connectivity index (χ3v) is 5.19. The third kappa shape index (κ3) is 5.25. The topological polar surface area (TPSA) is 44.8 Å².